The molecule has 5 rings (SSSR count). The van der Waals surface area contributed by atoms with Gasteiger partial charge >= 0.3 is 17.9 Å². The number of ether oxygens (including phenoxy) is 6. The lowest BCUT2D eigenvalue weighted by Crippen LogP contribution is -2.74. The van der Waals surface area contributed by atoms with E-state index in [0.29, 0.717) is 25.7 Å². The van der Waals surface area contributed by atoms with E-state index in [4.69, 9.17) is 28.4 Å². The minimum Gasteiger partial charge on any atom is -0.465 e. The van der Waals surface area contributed by atoms with E-state index in [1.807, 2.05) is 6.92 Å². The molecule has 0 aromatic rings. The summed E-state index contributed by atoms with van der Waals surface area (Å²) in [7, 11) is 0. The molecule has 5 aliphatic rings. The predicted molar refractivity (Wildman–Crippen MR) is 137 cm³/mol. The van der Waals surface area contributed by atoms with Crippen molar-refractivity contribution in [2.45, 2.75) is 116 Å². The molecule has 5 fully saturated rings. The zero-order valence-corrected chi connectivity index (χ0v) is 24.3. The van der Waals surface area contributed by atoms with Crippen molar-refractivity contribution in [2.75, 3.05) is 13.2 Å². The maximum atomic E-state index is 13.0. The highest BCUT2D eigenvalue weighted by atomic mass is 16.7. The second-order valence-corrected chi connectivity index (χ2v) is 12.9. The predicted octanol–water partition coefficient (Wildman–Crippen LogP) is 2.09. The maximum absolute atomic E-state index is 13.0. The second kappa shape index (κ2) is 10.5. The molecule has 3 aliphatic heterocycles. The Bertz CT molecular complexity index is 998. The molecule has 2 N–H and O–H groups in total. The van der Waals surface area contributed by atoms with Crippen LogP contribution in [-0.2, 0) is 42.8 Å². The molecule has 0 bridgehead atoms. The van der Waals surface area contributed by atoms with Crippen molar-refractivity contribution in [1.29, 1.82) is 0 Å². The number of carbonyl (C=O) groups is 3. The van der Waals surface area contributed by atoms with Crippen molar-refractivity contribution in [3.63, 3.8) is 0 Å². The van der Waals surface area contributed by atoms with Gasteiger partial charge < -0.3 is 38.6 Å². The monoisotopic (exact) mass is 568 g/mol. The SMILES string of the molecule is CCC(C)C(=O)O[C@H]1[C@H](O)C[C@@H]2[C@@](C)([C@@H]3C[C@H]4CC(O)O[C@H]4O3)[C@H](C)C[C@H](OC(C)=O)[C@@]2(COC(C)=O)[C@@]12CO2. The van der Waals surface area contributed by atoms with Crippen LogP contribution in [0.15, 0.2) is 0 Å². The molecule has 2 saturated carbocycles. The summed E-state index contributed by atoms with van der Waals surface area (Å²) in [5.74, 6) is -2.22. The number of aliphatic hydroxyl groups excluding tert-OH is 2. The molecule has 0 radical (unpaired) electrons. The third-order valence-electron chi connectivity index (χ3n) is 10.9. The third-order valence-corrected chi connectivity index (χ3v) is 10.9. The van der Waals surface area contributed by atoms with Crippen LogP contribution in [-0.4, -0.2) is 83.9 Å². The first kappa shape index (κ1) is 29.7. The van der Waals surface area contributed by atoms with Gasteiger partial charge in [0.1, 0.15) is 18.3 Å². The minimum atomic E-state index is -1.23. The van der Waals surface area contributed by atoms with E-state index in [-0.39, 0.29) is 43.5 Å². The fourth-order valence-corrected chi connectivity index (χ4v) is 8.34. The number of epoxide rings is 1. The average molecular weight is 569 g/mol. The van der Waals surface area contributed by atoms with Gasteiger partial charge in [0.2, 0.25) is 0 Å². The van der Waals surface area contributed by atoms with Gasteiger partial charge in [0, 0.05) is 31.6 Å². The van der Waals surface area contributed by atoms with E-state index in [1.165, 1.54) is 13.8 Å². The van der Waals surface area contributed by atoms with Crippen LogP contribution >= 0.6 is 0 Å². The first-order valence-electron chi connectivity index (χ1n) is 14.6. The maximum Gasteiger partial charge on any atom is 0.309 e. The first-order chi connectivity index (χ1) is 18.8. The van der Waals surface area contributed by atoms with Gasteiger partial charge in [0.25, 0.3) is 0 Å². The number of carbonyl (C=O) groups excluding carboxylic acids is 3. The molecule has 0 aromatic carbocycles. The van der Waals surface area contributed by atoms with E-state index >= 15 is 0 Å². The van der Waals surface area contributed by atoms with Crippen molar-refractivity contribution in [3.05, 3.63) is 0 Å². The van der Waals surface area contributed by atoms with Crippen molar-refractivity contribution in [2.24, 2.45) is 34.5 Å². The normalized spacial score (nSPS) is 48.1. The summed E-state index contributed by atoms with van der Waals surface area (Å²) in [5, 5.41) is 21.6. The molecule has 2 unspecified atom stereocenters. The third kappa shape index (κ3) is 4.47. The molecule has 3 heterocycles. The van der Waals surface area contributed by atoms with Crippen LogP contribution in [0.4, 0.5) is 0 Å². The van der Waals surface area contributed by atoms with Crippen LogP contribution in [0.2, 0.25) is 0 Å². The molecule has 1 spiro atoms. The summed E-state index contributed by atoms with van der Waals surface area (Å²) in [6.07, 6.45) is -2.17. The molecule has 40 heavy (non-hydrogen) atoms. The molecule has 2 aliphatic carbocycles. The van der Waals surface area contributed by atoms with Crippen LogP contribution in [0.1, 0.15) is 73.6 Å². The Balaban J connectivity index is 1.61. The summed E-state index contributed by atoms with van der Waals surface area (Å²) in [6.45, 7) is 10.5. The van der Waals surface area contributed by atoms with E-state index in [2.05, 4.69) is 13.8 Å². The number of hydrogen-bond donors (Lipinski definition) is 2. The van der Waals surface area contributed by atoms with Gasteiger partial charge in [-0.25, -0.2) is 0 Å². The van der Waals surface area contributed by atoms with Gasteiger partial charge in [-0.15, -0.1) is 0 Å². The molecule has 11 heteroatoms. The highest BCUT2D eigenvalue weighted by Gasteiger charge is 2.81. The molecule has 0 amide bonds. The number of rotatable bonds is 7. The van der Waals surface area contributed by atoms with Crippen LogP contribution < -0.4 is 0 Å². The second-order valence-electron chi connectivity index (χ2n) is 12.9. The van der Waals surface area contributed by atoms with E-state index in [0.717, 1.165) is 0 Å². The van der Waals surface area contributed by atoms with Gasteiger partial charge in [-0.05, 0) is 37.5 Å². The molecule has 0 aromatic heterocycles. The van der Waals surface area contributed by atoms with Gasteiger partial charge in [-0.3, -0.25) is 14.4 Å². The number of hydrogen-bond acceptors (Lipinski definition) is 11. The van der Waals surface area contributed by atoms with Gasteiger partial charge in [0.05, 0.1) is 30.1 Å². The van der Waals surface area contributed by atoms with Crippen LogP contribution in [0.25, 0.3) is 0 Å². The summed E-state index contributed by atoms with van der Waals surface area (Å²) in [6, 6.07) is 0. The molecule has 13 atom stereocenters. The average Bonchev–Trinajstić information content (AvgIpc) is 3.46. The fraction of sp³-hybridized carbons (Fsp3) is 0.897. The topological polar surface area (TPSA) is 150 Å². The van der Waals surface area contributed by atoms with Crippen LogP contribution in [0.5, 0.6) is 0 Å². The quantitative estimate of drug-likeness (QED) is 0.264. The van der Waals surface area contributed by atoms with Crippen molar-refractivity contribution < 1.29 is 53.0 Å². The molecular formula is C29H44O11. The smallest absolute Gasteiger partial charge is 0.309 e. The Hall–Kier alpha value is -1.79. The number of fused-ring (bicyclic) bond motifs is 3. The van der Waals surface area contributed by atoms with E-state index in [1.54, 1.807) is 6.92 Å². The summed E-state index contributed by atoms with van der Waals surface area (Å²) < 4.78 is 36.0. The lowest BCUT2D eigenvalue weighted by Gasteiger charge is -2.65. The lowest BCUT2D eigenvalue weighted by atomic mass is 9.41. The van der Waals surface area contributed by atoms with Crippen LogP contribution in [0.3, 0.4) is 0 Å². The van der Waals surface area contributed by atoms with E-state index in [9.17, 15) is 24.6 Å². The van der Waals surface area contributed by atoms with Crippen molar-refractivity contribution in [3.8, 4) is 0 Å². The summed E-state index contributed by atoms with van der Waals surface area (Å²) >= 11 is 0. The van der Waals surface area contributed by atoms with Gasteiger partial charge in [-0.2, -0.15) is 0 Å². The molecule has 3 saturated heterocycles. The van der Waals surface area contributed by atoms with Crippen molar-refractivity contribution >= 4 is 17.9 Å². The zero-order chi connectivity index (χ0) is 29.2. The van der Waals surface area contributed by atoms with E-state index < -0.39 is 71.1 Å². The first-order valence-corrected chi connectivity index (χ1v) is 14.6. The fourth-order valence-electron chi connectivity index (χ4n) is 8.34. The van der Waals surface area contributed by atoms with Gasteiger partial charge in [-0.1, -0.05) is 27.7 Å². The van der Waals surface area contributed by atoms with Gasteiger partial charge in [0.15, 0.2) is 18.7 Å². The Kier molecular flexibility index (Phi) is 7.78. The zero-order valence-electron chi connectivity index (χ0n) is 24.3. The molecule has 11 nitrogen and oxygen atoms in total. The number of aliphatic hydroxyl groups is 2. The Morgan fingerprint density at radius 2 is 1.73 bits per heavy atom. The number of esters is 3. The standard InChI is InChI=1S/C29H44O11/c1-7-14(2)25(34)40-24-19(32)11-20-27(6,21-9-18-10-23(33)39-26(18)38-21)15(3)8-22(37-17(5)31)28(20,12-35-16(4)30)29(24)13-36-29/h14-15,18-24,26,32-33H,7-13H2,1-6H3/t14?,15-,18+,19-,20-,21+,22+,23?,24+,26-,27+,28+,29-/m1/s1. The molecular weight excluding hydrogens is 524 g/mol. The highest BCUT2D eigenvalue weighted by Crippen LogP contribution is 2.70. The summed E-state index contributed by atoms with van der Waals surface area (Å²) in [5.41, 5.74) is -2.94. The Morgan fingerprint density at radius 3 is 2.30 bits per heavy atom. The highest BCUT2D eigenvalue weighted by molar-refractivity contribution is 5.72. The molecule has 226 valence electrons. The van der Waals surface area contributed by atoms with Crippen LogP contribution in [0, 0.1) is 34.5 Å². The largest absolute Gasteiger partial charge is 0.465 e. The van der Waals surface area contributed by atoms with Crippen molar-refractivity contribution in [1.82, 2.24) is 0 Å². The Labute approximate surface area is 235 Å². The lowest BCUT2D eigenvalue weighted by molar-refractivity contribution is -0.288. The Morgan fingerprint density at radius 1 is 1.02 bits per heavy atom. The summed E-state index contributed by atoms with van der Waals surface area (Å²) in [4.78, 5) is 37.7. The minimum absolute atomic E-state index is 0.0296.